The number of nitrogens with zero attached hydrogens (tertiary/aromatic N) is 2. The number of hydrogen-bond acceptors (Lipinski definition) is 3. The van der Waals surface area contributed by atoms with Crippen LogP contribution < -0.4 is 15.4 Å². The van der Waals surface area contributed by atoms with Gasteiger partial charge < -0.3 is 19.8 Å². The van der Waals surface area contributed by atoms with Crippen LogP contribution in [0.25, 0.3) is 5.65 Å². The molecule has 0 saturated carbocycles. The van der Waals surface area contributed by atoms with Gasteiger partial charge >= 0.3 is 6.03 Å². The minimum Gasteiger partial charge on any atom is -0.493 e. The lowest BCUT2D eigenvalue weighted by atomic mass is 9.97. The monoisotopic (exact) mass is 336 g/mol. The second kappa shape index (κ2) is 6.84. The molecule has 1 aromatic carbocycles. The fourth-order valence-electron chi connectivity index (χ4n) is 3.06. The van der Waals surface area contributed by atoms with Gasteiger partial charge in [-0.3, -0.25) is 0 Å². The first-order valence-electron chi connectivity index (χ1n) is 8.43. The third-order valence-electron chi connectivity index (χ3n) is 4.35. The highest BCUT2D eigenvalue weighted by atomic mass is 16.5. The molecule has 3 aromatic rings. The van der Waals surface area contributed by atoms with Crippen LogP contribution in [0.2, 0.25) is 0 Å². The average Bonchev–Trinajstić information content (AvgIpc) is 3.07. The highest BCUT2D eigenvalue weighted by Crippen LogP contribution is 2.26. The Hall–Kier alpha value is -3.02. The topological polar surface area (TPSA) is 67.7 Å². The van der Waals surface area contributed by atoms with Gasteiger partial charge in [0, 0.05) is 24.9 Å². The normalized spacial score (nSPS) is 16.1. The van der Waals surface area contributed by atoms with Crippen molar-refractivity contribution < 1.29 is 9.53 Å². The van der Waals surface area contributed by atoms with Crippen LogP contribution in [0.4, 0.5) is 4.79 Å². The van der Waals surface area contributed by atoms with Gasteiger partial charge in [0.15, 0.2) is 0 Å². The van der Waals surface area contributed by atoms with E-state index in [9.17, 15) is 4.79 Å². The fraction of sp³-hybridized carbons (Fsp3) is 0.263. The standard InChI is InChI=1S/C19H20N4O2/c24-19(21-11-16-12-23-8-4-3-7-18(23)22-16)20-10-14-9-15-5-1-2-6-17(15)25-13-14/h1-8,12,14H,9-11,13H2,(H2,20,21,24)/t14-/m0/s1. The zero-order valence-electron chi connectivity index (χ0n) is 13.8. The van der Waals surface area contributed by atoms with E-state index in [1.54, 1.807) is 0 Å². The van der Waals surface area contributed by atoms with E-state index in [0.717, 1.165) is 23.5 Å². The van der Waals surface area contributed by atoms with Crippen molar-refractivity contribution in [3.05, 3.63) is 66.1 Å². The second-order valence-electron chi connectivity index (χ2n) is 6.25. The summed E-state index contributed by atoms with van der Waals surface area (Å²) in [6, 6.07) is 13.7. The quantitative estimate of drug-likeness (QED) is 0.769. The summed E-state index contributed by atoms with van der Waals surface area (Å²) in [6.07, 6.45) is 4.78. The lowest BCUT2D eigenvalue weighted by molar-refractivity contribution is 0.211. The number of imidazole rings is 1. The summed E-state index contributed by atoms with van der Waals surface area (Å²) in [5.74, 6) is 1.24. The number of rotatable bonds is 4. The number of aromatic nitrogens is 2. The summed E-state index contributed by atoms with van der Waals surface area (Å²) in [5, 5.41) is 5.77. The molecule has 2 amide bonds. The van der Waals surface area contributed by atoms with E-state index in [1.165, 1.54) is 5.56 Å². The fourth-order valence-corrected chi connectivity index (χ4v) is 3.06. The van der Waals surface area contributed by atoms with Crippen molar-refractivity contribution in [2.45, 2.75) is 13.0 Å². The highest BCUT2D eigenvalue weighted by molar-refractivity contribution is 5.73. The van der Waals surface area contributed by atoms with Gasteiger partial charge in [0.05, 0.1) is 18.8 Å². The molecule has 2 N–H and O–H groups in total. The first-order chi connectivity index (χ1) is 12.3. The molecule has 1 atom stereocenters. The molecule has 0 bridgehead atoms. The minimum atomic E-state index is -0.184. The molecule has 0 fully saturated rings. The number of fused-ring (bicyclic) bond motifs is 2. The molecule has 25 heavy (non-hydrogen) atoms. The van der Waals surface area contributed by atoms with Crippen LogP contribution in [-0.4, -0.2) is 28.6 Å². The second-order valence-corrected chi connectivity index (χ2v) is 6.25. The van der Waals surface area contributed by atoms with Crippen LogP contribution in [0, 0.1) is 5.92 Å². The van der Waals surface area contributed by atoms with Gasteiger partial charge in [0.25, 0.3) is 0 Å². The lowest BCUT2D eigenvalue weighted by Crippen LogP contribution is -2.40. The zero-order chi connectivity index (χ0) is 17.1. The third-order valence-corrected chi connectivity index (χ3v) is 4.35. The number of ether oxygens (including phenoxy) is 1. The Bertz CT molecular complexity index is 857. The Morgan fingerprint density at radius 3 is 3.00 bits per heavy atom. The molecule has 0 unspecified atom stereocenters. The van der Waals surface area contributed by atoms with Gasteiger partial charge in [-0.05, 0) is 30.2 Å². The van der Waals surface area contributed by atoms with Gasteiger partial charge in [-0.2, -0.15) is 0 Å². The Kier molecular flexibility index (Phi) is 4.24. The number of amides is 2. The predicted octanol–water partition coefficient (Wildman–Crippen LogP) is 2.38. The lowest BCUT2D eigenvalue weighted by Gasteiger charge is -2.25. The van der Waals surface area contributed by atoms with Crippen molar-refractivity contribution >= 4 is 11.7 Å². The van der Waals surface area contributed by atoms with E-state index in [4.69, 9.17) is 4.74 Å². The number of hydrogen-bond donors (Lipinski definition) is 2. The number of carbonyl (C=O) groups excluding carboxylic acids is 1. The van der Waals surface area contributed by atoms with Crippen LogP contribution in [0.5, 0.6) is 5.75 Å². The molecule has 0 aliphatic carbocycles. The average molecular weight is 336 g/mol. The number of pyridine rings is 1. The van der Waals surface area contributed by atoms with Crippen molar-refractivity contribution in [3.63, 3.8) is 0 Å². The molecule has 4 rings (SSSR count). The maximum absolute atomic E-state index is 12.0. The van der Waals surface area contributed by atoms with Gasteiger partial charge in [0.2, 0.25) is 0 Å². The van der Waals surface area contributed by atoms with E-state index in [0.29, 0.717) is 19.7 Å². The Morgan fingerprint density at radius 1 is 1.20 bits per heavy atom. The number of para-hydroxylation sites is 1. The molecule has 0 radical (unpaired) electrons. The Balaban J connectivity index is 1.25. The molecule has 1 aliphatic rings. The van der Waals surface area contributed by atoms with Crippen molar-refractivity contribution in [1.29, 1.82) is 0 Å². The van der Waals surface area contributed by atoms with Crippen molar-refractivity contribution in [1.82, 2.24) is 20.0 Å². The summed E-state index contributed by atoms with van der Waals surface area (Å²) < 4.78 is 7.68. The van der Waals surface area contributed by atoms with Crippen molar-refractivity contribution in [2.24, 2.45) is 5.92 Å². The molecule has 128 valence electrons. The van der Waals surface area contributed by atoms with Crippen molar-refractivity contribution in [3.8, 4) is 5.75 Å². The van der Waals surface area contributed by atoms with Crippen LogP contribution in [0.3, 0.4) is 0 Å². The van der Waals surface area contributed by atoms with Gasteiger partial charge in [-0.1, -0.05) is 24.3 Å². The number of urea groups is 1. The van der Waals surface area contributed by atoms with Crippen LogP contribution in [0.1, 0.15) is 11.3 Å². The molecule has 0 spiro atoms. The number of carbonyl (C=O) groups is 1. The van der Waals surface area contributed by atoms with Gasteiger partial charge in [-0.15, -0.1) is 0 Å². The largest absolute Gasteiger partial charge is 0.493 e. The Morgan fingerprint density at radius 2 is 2.08 bits per heavy atom. The first-order valence-corrected chi connectivity index (χ1v) is 8.43. The SMILES string of the molecule is O=C(NCc1cn2ccccc2n1)NC[C@H]1COc2ccccc2C1. The highest BCUT2D eigenvalue weighted by Gasteiger charge is 2.19. The smallest absolute Gasteiger partial charge is 0.315 e. The maximum Gasteiger partial charge on any atom is 0.315 e. The van der Waals surface area contributed by atoms with E-state index in [1.807, 2.05) is 53.2 Å². The summed E-state index contributed by atoms with van der Waals surface area (Å²) in [7, 11) is 0. The van der Waals surface area contributed by atoms with Gasteiger partial charge in [0.1, 0.15) is 11.4 Å². The predicted molar refractivity (Wildman–Crippen MR) is 94.6 cm³/mol. The molecule has 3 heterocycles. The van der Waals surface area contributed by atoms with Gasteiger partial charge in [-0.25, -0.2) is 9.78 Å². The first kappa shape index (κ1) is 15.5. The molecule has 1 aliphatic heterocycles. The van der Waals surface area contributed by atoms with Crippen molar-refractivity contribution in [2.75, 3.05) is 13.2 Å². The Labute approximate surface area is 145 Å². The molecular weight excluding hydrogens is 316 g/mol. The molecule has 0 saturated heterocycles. The summed E-state index contributed by atoms with van der Waals surface area (Å²) in [4.78, 5) is 16.5. The van der Waals surface area contributed by atoms with E-state index in [2.05, 4.69) is 21.7 Å². The van der Waals surface area contributed by atoms with E-state index >= 15 is 0 Å². The number of nitrogens with one attached hydrogen (secondary N) is 2. The maximum atomic E-state index is 12.0. The summed E-state index contributed by atoms with van der Waals surface area (Å²) in [5.41, 5.74) is 2.90. The third kappa shape index (κ3) is 3.57. The molecular formula is C19H20N4O2. The van der Waals surface area contributed by atoms with E-state index < -0.39 is 0 Å². The molecule has 6 heteroatoms. The zero-order valence-corrected chi connectivity index (χ0v) is 13.8. The van der Waals surface area contributed by atoms with E-state index in [-0.39, 0.29) is 11.9 Å². The van der Waals surface area contributed by atoms with Crippen LogP contribution in [-0.2, 0) is 13.0 Å². The van der Waals surface area contributed by atoms with Crippen LogP contribution >= 0.6 is 0 Å². The number of benzene rings is 1. The minimum absolute atomic E-state index is 0.184. The van der Waals surface area contributed by atoms with Crippen LogP contribution in [0.15, 0.2) is 54.9 Å². The summed E-state index contributed by atoms with van der Waals surface area (Å²) in [6.45, 7) is 1.62. The summed E-state index contributed by atoms with van der Waals surface area (Å²) >= 11 is 0. The molecule has 6 nitrogen and oxygen atoms in total. The molecule has 2 aromatic heterocycles.